The minimum atomic E-state index is -0.339. The van der Waals surface area contributed by atoms with Crippen molar-refractivity contribution < 1.29 is 19.0 Å². The summed E-state index contributed by atoms with van der Waals surface area (Å²) in [4.78, 5) is 21.5. The third-order valence-electron chi connectivity index (χ3n) is 4.73. The summed E-state index contributed by atoms with van der Waals surface area (Å²) in [6.45, 7) is 4.09. The van der Waals surface area contributed by atoms with E-state index in [1.165, 1.54) is 0 Å². The van der Waals surface area contributed by atoms with Crippen LogP contribution in [0.2, 0.25) is 0 Å². The lowest BCUT2D eigenvalue weighted by Gasteiger charge is -2.28. The number of ether oxygens (including phenoxy) is 3. The molecule has 0 spiro atoms. The number of carbonyl (C=O) groups is 1. The number of aromatic amines is 1. The molecule has 0 bridgehead atoms. The zero-order chi connectivity index (χ0) is 19.1. The van der Waals surface area contributed by atoms with Gasteiger partial charge in [-0.25, -0.2) is 9.78 Å². The molecular weight excluding hydrogens is 346 g/mol. The SMILES string of the molecule is CCN(C(=O)OCCCOC)c1ccc2c(c1)C(Cc1c[nH]cn1)CCO2. The van der Waals surface area contributed by atoms with E-state index >= 15 is 0 Å². The molecule has 0 radical (unpaired) electrons. The van der Waals surface area contributed by atoms with Gasteiger partial charge in [-0.15, -0.1) is 0 Å². The summed E-state index contributed by atoms with van der Waals surface area (Å²) in [5.74, 6) is 1.20. The number of nitrogens with zero attached hydrogens (tertiary/aromatic N) is 2. The number of fused-ring (bicyclic) bond motifs is 1. The number of rotatable bonds is 8. The maximum absolute atomic E-state index is 12.5. The molecular formula is C20H27N3O4. The van der Waals surface area contributed by atoms with Gasteiger partial charge in [-0.2, -0.15) is 0 Å². The van der Waals surface area contributed by atoms with Crippen LogP contribution in [0.1, 0.15) is 36.9 Å². The molecule has 1 N–H and O–H groups in total. The zero-order valence-corrected chi connectivity index (χ0v) is 15.9. The average Bonchev–Trinajstić information content (AvgIpc) is 3.19. The summed E-state index contributed by atoms with van der Waals surface area (Å²) in [7, 11) is 1.63. The molecule has 1 unspecified atom stereocenters. The molecule has 3 rings (SSSR count). The van der Waals surface area contributed by atoms with Crippen molar-refractivity contribution in [2.75, 3.05) is 38.4 Å². The number of benzene rings is 1. The fraction of sp³-hybridized carbons (Fsp3) is 0.500. The molecule has 1 aromatic carbocycles. The number of hydrogen-bond donors (Lipinski definition) is 1. The van der Waals surface area contributed by atoms with Crippen LogP contribution in [0.4, 0.5) is 10.5 Å². The molecule has 1 aromatic heterocycles. The molecule has 1 atom stereocenters. The summed E-state index contributed by atoms with van der Waals surface area (Å²) in [6, 6.07) is 5.91. The Labute approximate surface area is 159 Å². The highest BCUT2D eigenvalue weighted by Gasteiger charge is 2.25. The maximum Gasteiger partial charge on any atom is 0.414 e. The molecule has 0 fully saturated rings. The van der Waals surface area contributed by atoms with E-state index in [1.54, 1.807) is 18.3 Å². The predicted octanol–water partition coefficient (Wildman–Crippen LogP) is 3.52. The highest BCUT2D eigenvalue weighted by Crippen LogP contribution is 2.38. The second-order valence-corrected chi connectivity index (χ2v) is 6.53. The first-order valence-electron chi connectivity index (χ1n) is 9.40. The van der Waals surface area contributed by atoms with Gasteiger partial charge >= 0.3 is 6.09 Å². The van der Waals surface area contributed by atoms with E-state index in [4.69, 9.17) is 14.2 Å². The quantitative estimate of drug-likeness (QED) is 0.717. The average molecular weight is 373 g/mol. The number of anilines is 1. The van der Waals surface area contributed by atoms with Crippen LogP contribution in [-0.4, -0.2) is 49.5 Å². The summed E-state index contributed by atoms with van der Waals surface area (Å²) in [5.41, 5.74) is 2.97. The number of aromatic nitrogens is 2. The second kappa shape index (κ2) is 9.41. The minimum Gasteiger partial charge on any atom is -0.493 e. The molecule has 2 aromatic rings. The summed E-state index contributed by atoms with van der Waals surface area (Å²) < 4.78 is 16.2. The molecule has 1 aliphatic rings. The van der Waals surface area contributed by atoms with Crippen LogP contribution >= 0.6 is 0 Å². The Morgan fingerprint density at radius 2 is 2.30 bits per heavy atom. The van der Waals surface area contributed by atoms with Gasteiger partial charge in [-0.1, -0.05) is 0 Å². The number of methoxy groups -OCH3 is 1. The topological polar surface area (TPSA) is 76.7 Å². The van der Waals surface area contributed by atoms with Crippen LogP contribution in [0.15, 0.2) is 30.7 Å². The first kappa shape index (κ1) is 19.2. The highest BCUT2D eigenvalue weighted by atomic mass is 16.6. The molecule has 1 amide bonds. The Balaban J connectivity index is 1.75. The van der Waals surface area contributed by atoms with E-state index in [-0.39, 0.29) is 6.09 Å². The Bertz CT molecular complexity index is 733. The van der Waals surface area contributed by atoms with E-state index in [1.807, 2.05) is 31.3 Å². The lowest BCUT2D eigenvalue weighted by molar-refractivity contribution is 0.129. The van der Waals surface area contributed by atoms with Gasteiger partial charge in [0.05, 0.1) is 25.2 Å². The second-order valence-electron chi connectivity index (χ2n) is 6.53. The fourth-order valence-corrected chi connectivity index (χ4v) is 3.35. The van der Waals surface area contributed by atoms with Gasteiger partial charge in [0.1, 0.15) is 5.75 Å². The van der Waals surface area contributed by atoms with Gasteiger partial charge in [0.15, 0.2) is 0 Å². The van der Waals surface area contributed by atoms with Gasteiger partial charge < -0.3 is 19.2 Å². The third kappa shape index (κ3) is 4.80. The van der Waals surface area contributed by atoms with Gasteiger partial charge in [-0.3, -0.25) is 4.90 Å². The molecule has 1 aliphatic heterocycles. The van der Waals surface area contributed by atoms with Crippen molar-refractivity contribution >= 4 is 11.8 Å². The Morgan fingerprint density at radius 1 is 1.41 bits per heavy atom. The van der Waals surface area contributed by atoms with Gasteiger partial charge in [-0.05, 0) is 49.4 Å². The smallest absolute Gasteiger partial charge is 0.414 e. The Kier molecular flexibility index (Phi) is 6.70. The first-order valence-corrected chi connectivity index (χ1v) is 9.40. The monoisotopic (exact) mass is 373 g/mol. The van der Waals surface area contributed by atoms with Crippen molar-refractivity contribution in [3.8, 4) is 5.75 Å². The van der Waals surface area contributed by atoms with Crippen molar-refractivity contribution in [3.05, 3.63) is 42.0 Å². The molecule has 0 saturated heterocycles. The van der Waals surface area contributed by atoms with Crippen molar-refractivity contribution in [1.82, 2.24) is 9.97 Å². The number of nitrogens with one attached hydrogen (secondary N) is 1. The number of H-pyrrole nitrogens is 1. The van der Waals surface area contributed by atoms with Crippen molar-refractivity contribution in [2.45, 2.75) is 32.1 Å². The standard InChI is InChI=1S/C20H27N3O4/c1-3-23(20(24)27-9-4-8-25-2)17-5-6-19-18(12-17)15(7-10-26-19)11-16-13-21-14-22-16/h5-6,12-15H,3-4,7-11H2,1-2H3,(H,21,22). The lowest BCUT2D eigenvalue weighted by atomic mass is 9.89. The van der Waals surface area contributed by atoms with Gasteiger partial charge in [0.25, 0.3) is 0 Å². The van der Waals surface area contributed by atoms with Crippen molar-refractivity contribution in [2.24, 2.45) is 0 Å². The number of hydrogen-bond acceptors (Lipinski definition) is 5. The lowest BCUT2D eigenvalue weighted by Crippen LogP contribution is -2.32. The van der Waals surface area contributed by atoms with E-state index in [0.29, 0.717) is 38.7 Å². The van der Waals surface area contributed by atoms with Crippen LogP contribution in [-0.2, 0) is 15.9 Å². The first-order chi connectivity index (χ1) is 13.2. The van der Waals surface area contributed by atoms with E-state index in [0.717, 1.165) is 35.5 Å². The van der Waals surface area contributed by atoms with Crippen LogP contribution in [0.25, 0.3) is 0 Å². The minimum absolute atomic E-state index is 0.313. The molecule has 7 nitrogen and oxygen atoms in total. The molecule has 146 valence electrons. The molecule has 0 aliphatic carbocycles. The van der Waals surface area contributed by atoms with Crippen molar-refractivity contribution in [1.29, 1.82) is 0 Å². The Hall–Kier alpha value is -2.54. The molecule has 0 saturated carbocycles. The number of carbonyl (C=O) groups excluding carboxylic acids is 1. The van der Waals surface area contributed by atoms with Crippen LogP contribution in [0.3, 0.4) is 0 Å². The van der Waals surface area contributed by atoms with Crippen LogP contribution in [0, 0.1) is 0 Å². The highest BCUT2D eigenvalue weighted by molar-refractivity contribution is 5.87. The number of imidazole rings is 1. The predicted molar refractivity (Wildman–Crippen MR) is 102 cm³/mol. The van der Waals surface area contributed by atoms with Crippen LogP contribution in [0.5, 0.6) is 5.75 Å². The fourth-order valence-electron chi connectivity index (χ4n) is 3.35. The van der Waals surface area contributed by atoms with Crippen LogP contribution < -0.4 is 9.64 Å². The van der Waals surface area contributed by atoms with E-state index in [2.05, 4.69) is 9.97 Å². The van der Waals surface area contributed by atoms with Gasteiger partial charge in [0, 0.05) is 38.6 Å². The molecule has 2 heterocycles. The van der Waals surface area contributed by atoms with Crippen molar-refractivity contribution in [3.63, 3.8) is 0 Å². The van der Waals surface area contributed by atoms with E-state index in [9.17, 15) is 4.79 Å². The summed E-state index contributed by atoms with van der Waals surface area (Å²) in [6.07, 6.45) is 5.74. The maximum atomic E-state index is 12.5. The van der Waals surface area contributed by atoms with Gasteiger partial charge in [0.2, 0.25) is 0 Å². The summed E-state index contributed by atoms with van der Waals surface area (Å²) >= 11 is 0. The molecule has 7 heteroatoms. The number of amides is 1. The zero-order valence-electron chi connectivity index (χ0n) is 15.9. The summed E-state index contributed by atoms with van der Waals surface area (Å²) in [5, 5.41) is 0. The Morgan fingerprint density at radius 3 is 3.04 bits per heavy atom. The largest absolute Gasteiger partial charge is 0.493 e. The molecule has 27 heavy (non-hydrogen) atoms. The normalized spacial score (nSPS) is 15.7. The van der Waals surface area contributed by atoms with E-state index < -0.39 is 0 Å². The third-order valence-corrected chi connectivity index (χ3v) is 4.73.